The maximum atomic E-state index is 13.0. The molecule has 5 rings (SSSR count). The summed E-state index contributed by atoms with van der Waals surface area (Å²) in [5.41, 5.74) is 1.34. The van der Waals surface area contributed by atoms with Crippen molar-refractivity contribution in [1.82, 2.24) is 5.32 Å². The molecule has 1 saturated heterocycles. The summed E-state index contributed by atoms with van der Waals surface area (Å²) in [6.45, 7) is 6.46. The monoisotopic (exact) mass is 397 g/mol. The van der Waals surface area contributed by atoms with Crippen LogP contribution in [0.15, 0.2) is 62.7 Å². The summed E-state index contributed by atoms with van der Waals surface area (Å²) in [6.07, 6.45) is 0.852. The van der Waals surface area contributed by atoms with Crippen LogP contribution in [-0.2, 0) is 25.5 Å². The number of ether oxygens (including phenoxy) is 1. The first-order valence-corrected chi connectivity index (χ1v) is 11.0. The first-order chi connectivity index (χ1) is 13.3. The van der Waals surface area contributed by atoms with E-state index in [0.717, 1.165) is 29.7 Å². The zero-order valence-corrected chi connectivity index (χ0v) is 16.8. The summed E-state index contributed by atoms with van der Waals surface area (Å²) < 4.78 is 38.1. The van der Waals surface area contributed by atoms with E-state index < -0.39 is 9.84 Å². The summed E-state index contributed by atoms with van der Waals surface area (Å²) >= 11 is 0. The van der Waals surface area contributed by atoms with E-state index in [2.05, 4.69) is 19.2 Å². The predicted octanol–water partition coefficient (Wildman–Crippen LogP) is 3.76. The molecule has 146 valence electrons. The molecule has 0 amide bonds. The van der Waals surface area contributed by atoms with Crippen LogP contribution in [0.5, 0.6) is 0 Å². The largest absolute Gasteiger partial charge is 0.459 e. The van der Waals surface area contributed by atoms with Crippen molar-refractivity contribution in [3.63, 3.8) is 0 Å². The number of sulfone groups is 1. The Kier molecular flexibility index (Phi) is 3.79. The fourth-order valence-electron chi connectivity index (χ4n) is 4.43. The number of rotatable bonds is 2. The van der Waals surface area contributed by atoms with Crippen molar-refractivity contribution in [2.75, 3.05) is 19.8 Å². The Hall–Kier alpha value is -2.15. The van der Waals surface area contributed by atoms with Crippen molar-refractivity contribution in [3.8, 4) is 0 Å². The van der Waals surface area contributed by atoms with Crippen molar-refractivity contribution in [2.24, 2.45) is 0 Å². The second kappa shape index (κ2) is 5.92. The molecule has 1 N–H and O–H groups in total. The Morgan fingerprint density at radius 2 is 1.82 bits per heavy atom. The lowest BCUT2D eigenvalue weighted by atomic mass is 9.74. The first-order valence-electron chi connectivity index (χ1n) is 9.54. The average Bonchev–Trinajstić information content (AvgIpc) is 3.32. The fourth-order valence-corrected chi connectivity index (χ4v) is 5.73. The van der Waals surface area contributed by atoms with Crippen LogP contribution in [0.25, 0.3) is 11.0 Å². The van der Waals surface area contributed by atoms with Gasteiger partial charge in [0.15, 0.2) is 0 Å². The summed E-state index contributed by atoms with van der Waals surface area (Å²) in [5, 5.41) is 4.62. The van der Waals surface area contributed by atoms with Crippen LogP contribution in [0.3, 0.4) is 0 Å². The van der Waals surface area contributed by atoms with E-state index in [1.165, 1.54) is 0 Å². The van der Waals surface area contributed by atoms with E-state index in [1.54, 1.807) is 42.5 Å². The zero-order valence-electron chi connectivity index (χ0n) is 16.0. The molecule has 3 aromatic rings. The summed E-state index contributed by atoms with van der Waals surface area (Å²) in [7, 11) is -3.59. The van der Waals surface area contributed by atoms with Gasteiger partial charge in [-0.1, -0.05) is 32.0 Å². The van der Waals surface area contributed by atoms with Crippen LogP contribution in [0.4, 0.5) is 0 Å². The molecule has 3 heterocycles. The quantitative estimate of drug-likeness (QED) is 0.713. The molecule has 2 aliphatic rings. The highest BCUT2D eigenvalue weighted by molar-refractivity contribution is 7.91. The van der Waals surface area contributed by atoms with Gasteiger partial charge >= 0.3 is 0 Å². The van der Waals surface area contributed by atoms with Crippen molar-refractivity contribution in [1.29, 1.82) is 0 Å². The number of hydrogen-bond acceptors (Lipinski definition) is 5. The lowest BCUT2D eigenvalue weighted by molar-refractivity contribution is 0.144. The number of furan rings is 1. The van der Waals surface area contributed by atoms with E-state index in [9.17, 15) is 8.42 Å². The van der Waals surface area contributed by atoms with Crippen molar-refractivity contribution >= 4 is 20.8 Å². The van der Waals surface area contributed by atoms with Gasteiger partial charge in [0.05, 0.1) is 16.4 Å². The lowest BCUT2D eigenvalue weighted by Gasteiger charge is -2.40. The number of nitrogens with one attached hydrogen (secondary N) is 1. The molecule has 1 atom stereocenters. The number of benzene rings is 2. The van der Waals surface area contributed by atoms with Gasteiger partial charge in [-0.25, -0.2) is 8.42 Å². The van der Waals surface area contributed by atoms with Gasteiger partial charge in [0.25, 0.3) is 0 Å². The summed E-state index contributed by atoms with van der Waals surface area (Å²) in [4.78, 5) is 0.535. The average molecular weight is 397 g/mol. The van der Waals surface area contributed by atoms with E-state index >= 15 is 0 Å². The van der Waals surface area contributed by atoms with Crippen LogP contribution in [0, 0.1) is 0 Å². The summed E-state index contributed by atoms with van der Waals surface area (Å²) in [5.74, 6) is 0.894. The molecule has 0 bridgehead atoms. The molecule has 1 fully saturated rings. The lowest BCUT2D eigenvalue weighted by Crippen LogP contribution is -2.53. The highest BCUT2D eigenvalue weighted by Crippen LogP contribution is 2.47. The van der Waals surface area contributed by atoms with Crippen molar-refractivity contribution in [3.05, 3.63) is 59.9 Å². The molecule has 28 heavy (non-hydrogen) atoms. The third-order valence-electron chi connectivity index (χ3n) is 6.03. The van der Waals surface area contributed by atoms with Gasteiger partial charge < -0.3 is 14.5 Å². The highest BCUT2D eigenvalue weighted by Gasteiger charge is 2.49. The molecule has 2 aliphatic heterocycles. The van der Waals surface area contributed by atoms with Crippen LogP contribution in [-0.4, -0.2) is 28.2 Å². The molecule has 1 unspecified atom stereocenters. The Morgan fingerprint density at radius 1 is 1.04 bits per heavy atom. The second-order valence-corrected chi connectivity index (χ2v) is 10.4. The summed E-state index contributed by atoms with van der Waals surface area (Å²) in [6, 6.07) is 13.7. The second-order valence-electron chi connectivity index (χ2n) is 8.40. The molecule has 0 aliphatic carbocycles. The normalized spacial score (nSPS) is 23.9. The van der Waals surface area contributed by atoms with Gasteiger partial charge in [0, 0.05) is 35.6 Å². The zero-order chi connectivity index (χ0) is 19.6. The maximum absolute atomic E-state index is 13.0. The van der Waals surface area contributed by atoms with E-state index in [-0.39, 0.29) is 20.7 Å². The van der Waals surface area contributed by atoms with E-state index in [1.807, 2.05) is 6.07 Å². The molecule has 1 aromatic heterocycles. The highest BCUT2D eigenvalue weighted by atomic mass is 32.2. The molecule has 1 spiro atoms. The minimum Gasteiger partial charge on any atom is -0.459 e. The minimum absolute atomic E-state index is 0.117. The number of fused-ring (bicyclic) bond motifs is 4. The van der Waals surface area contributed by atoms with Crippen molar-refractivity contribution in [2.45, 2.75) is 41.0 Å². The molecular weight excluding hydrogens is 374 g/mol. The maximum Gasteiger partial charge on any atom is 0.206 e. The van der Waals surface area contributed by atoms with Crippen LogP contribution in [0.1, 0.15) is 31.6 Å². The van der Waals surface area contributed by atoms with Gasteiger partial charge in [-0.15, -0.1) is 0 Å². The van der Waals surface area contributed by atoms with Crippen LogP contribution >= 0.6 is 0 Å². The Labute approximate surface area is 164 Å². The third-order valence-corrected chi connectivity index (χ3v) is 7.79. The van der Waals surface area contributed by atoms with Gasteiger partial charge in [-0.2, -0.15) is 0 Å². The van der Waals surface area contributed by atoms with Crippen LogP contribution in [0.2, 0.25) is 0 Å². The Morgan fingerprint density at radius 3 is 2.54 bits per heavy atom. The Bertz CT molecular complexity index is 1160. The predicted molar refractivity (Wildman–Crippen MR) is 106 cm³/mol. The van der Waals surface area contributed by atoms with E-state index in [0.29, 0.717) is 18.8 Å². The fraction of sp³-hybridized carbons (Fsp3) is 0.364. The Balaban J connectivity index is 1.71. The molecule has 2 aromatic carbocycles. The SMILES string of the molecule is CC1(C)CNC2(CCOC2)c2oc3cc(S(=O)(=O)c4ccccc4)ccc3c21. The molecular formula is C22H23NO4S. The van der Waals surface area contributed by atoms with Crippen LogP contribution < -0.4 is 5.32 Å². The first kappa shape index (κ1) is 17.9. The van der Waals surface area contributed by atoms with Gasteiger partial charge in [0.1, 0.15) is 16.9 Å². The standard InChI is InChI=1S/C22H23NO4S/c1-21(2)13-23-22(10-11-26-14-22)20-19(21)17-9-8-16(12-18(17)27-20)28(24,25)15-6-4-3-5-7-15/h3-9,12,23H,10-11,13-14H2,1-2H3. The topological polar surface area (TPSA) is 68.5 Å². The van der Waals surface area contributed by atoms with Gasteiger partial charge in [-0.3, -0.25) is 0 Å². The molecule has 5 nitrogen and oxygen atoms in total. The molecule has 0 saturated carbocycles. The number of hydrogen-bond donors (Lipinski definition) is 1. The minimum atomic E-state index is -3.59. The molecule has 0 radical (unpaired) electrons. The van der Waals surface area contributed by atoms with E-state index in [4.69, 9.17) is 9.15 Å². The van der Waals surface area contributed by atoms with Gasteiger partial charge in [0.2, 0.25) is 9.84 Å². The van der Waals surface area contributed by atoms with Crippen molar-refractivity contribution < 1.29 is 17.6 Å². The molecule has 6 heteroatoms. The van der Waals surface area contributed by atoms with Gasteiger partial charge in [-0.05, 0) is 30.7 Å². The smallest absolute Gasteiger partial charge is 0.206 e. The third kappa shape index (κ3) is 2.48.